The Hall–Kier alpha value is -2.85. The van der Waals surface area contributed by atoms with Gasteiger partial charge in [-0.15, -0.1) is 11.3 Å². The van der Waals surface area contributed by atoms with Crippen molar-refractivity contribution in [3.63, 3.8) is 0 Å². The standard InChI is InChI=1S/C18H17N3O3S/c1-24-15-7-6-12(11-19)10-13(15)20-17(22)14-4-2-8-21(14)18(23)16-5-3-9-25-16/h3,5-7,9-10,14H,2,4,8H2,1H3,(H,20,22)/t14-/m0/s1. The van der Waals surface area contributed by atoms with Crippen LogP contribution in [0.3, 0.4) is 0 Å². The second-order valence-electron chi connectivity index (χ2n) is 5.65. The third kappa shape index (κ3) is 3.49. The summed E-state index contributed by atoms with van der Waals surface area (Å²) in [5, 5.41) is 13.7. The van der Waals surface area contributed by atoms with Crippen molar-refractivity contribution in [3.8, 4) is 11.8 Å². The lowest BCUT2D eigenvalue weighted by molar-refractivity contribution is -0.119. The number of rotatable bonds is 4. The molecule has 1 saturated heterocycles. The van der Waals surface area contributed by atoms with Crippen LogP contribution in [0, 0.1) is 11.3 Å². The first-order chi connectivity index (χ1) is 12.1. The topological polar surface area (TPSA) is 82.4 Å². The second-order valence-corrected chi connectivity index (χ2v) is 6.60. The van der Waals surface area contributed by atoms with Gasteiger partial charge in [0.2, 0.25) is 5.91 Å². The second kappa shape index (κ2) is 7.36. The summed E-state index contributed by atoms with van der Waals surface area (Å²) in [5.41, 5.74) is 0.857. The van der Waals surface area contributed by atoms with E-state index in [1.54, 1.807) is 29.2 Å². The van der Waals surface area contributed by atoms with Crippen LogP contribution in [0.25, 0.3) is 0 Å². The molecule has 0 saturated carbocycles. The number of thiophene rings is 1. The van der Waals surface area contributed by atoms with Crippen LogP contribution in [0.15, 0.2) is 35.7 Å². The largest absolute Gasteiger partial charge is 0.495 e. The van der Waals surface area contributed by atoms with Gasteiger partial charge in [-0.1, -0.05) is 6.07 Å². The van der Waals surface area contributed by atoms with E-state index >= 15 is 0 Å². The third-order valence-electron chi connectivity index (χ3n) is 4.13. The molecule has 1 N–H and O–H groups in total. The van der Waals surface area contributed by atoms with E-state index in [-0.39, 0.29) is 11.8 Å². The lowest BCUT2D eigenvalue weighted by Crippen LogP contribution is -2.43. The molecule has 3 rings (SSSR count). The van der Waals surface area contributed by atoms with Crippen LogP contribution in [0.2, 0.25) is 0 Å². The lowest BCUT2D eigenvalue weighted by Gasteiger charge is -2.23. The molecule has 7 heteroatoms. The minimum absolute atomic E-state index is 0.120. The number of benzene rings is 1. The van der Waals surface area contributed by atoms with E-state index in [1.807, 2.05) is 17.5 Å². The molecule has 128 valence electrons. The lowest BCUT2D eigenvalue weighted by atomic mass is 10.1. The number of nitrogens with one attached hydrogen (secondary N) is 1. The number of amides is 2. The van der Waals surface area contributed by atoms with Crippen LogP contribution in [0.5, 0.6) is 5.75 Å². The highest BCUT2D eigenvalue weighted by Gasteiger charge is 2.35. The number of methoxy groups -OCH3 is 1. The fraction of sp³-hybridized carbons (Fsp3) is 0.278. The Morgan fingerprint density at radius 2 is 2.24 bits per heavy atom. The van der Waals surface area contributed by atoms with Gasteiger partial charge in [0.1, 0.15) is 11.8 Å². The molecule has 1 aliphatic rings. The SMILES string of the molecule is COc1ccc(C#N)cc1NC(=O)[C@@H]1CCCN1C(=O)c1cccs1. The van der Waals surface area contributed by atoms with Crippen molar-refractivity contribution in [1.82, 2.24) is 4.90 Å². The van der Waals surface area contributed by atoms with Crippen molar-refractivity contribution >= 4 is 28.8 Å². The summed E-state index contributed by atoms with van der Waals surface area (Å²) in [6, 6.07) is 9.92. The van der Waals surface area contributed by atoms with Gasteiger partial charge in [0, 0.05) is 6.54 Å². The Morgan fingerprint density at radius 1 is 1.40 bits per heavy atom. The van der Waals surface area contributed by atoms with E-state index in [0.717, 1.165) is 6.42 Å². The van der Waals surface area contributed by atoms with E-state index in [2.05, 4.69) is 5.32 Å². The van der Waals surface area contributed by atoms with Crippen molar-refractivity contribution in [2.45, 2.75) is 18.9 Å². The zero-order chi connectivity index (χ0) is 17.8. The van der Waals surface area contributed by atoms with Gasteiger partial charge < -0.3 is 15.0 Å². The number of nitrogens with zero attached hydrogens (tertiary/aromatic N) is 2. The summed E-state index contributed by atoms with van der Waals surface area (Å²) in [5.74, 6) is 0.0858. The Morgan fingerprint density at radius 3 is 2.92 bits per heavy atom. The maximum absolute atomic E-state index is 12.7. The van der Waals surface area contributed by atoms with Gasteiger partial charge >= 0.3 is 0 Å². The summed E-state index contributed by atoms with van der Waals surface area (Å²) in [6.45, 7) is 0.560. The van der Waals surface area contributed by atoms with Gasteiger partial charge in [-0.05, 0) is 42.5 Å². The molecular formula is C18H17N3O3S. The normalized spacial score (nSPS) is 16.3. The minimum Gasteiger partial charge on any atom is -0.495 e. The van der Waals surface area contributed by atoms with Crippen molar-refractivity contribution in [2.24, 2.45) is 0 Å². The first-order valence-corrected chi connectivity index (χ1v) is 8.75. The fourth-order valence-electron chi connectivity index (χ4n) is 2.92. The molecule has 2 aromatic rings. The van der Waals surface area contributed by atoms with E-state index in [1.165, 1.54) is 18.4 Å². The zero-order valence-electron chi connectivity index (χ0n) is 13.7. The van der Waals surface area contributed by atoms with Crippen LogP contribution in [0.4, 0.5) is 5.69 Å². The highest BCUT2D eigenvalue weighted by molar-refractivity contribution is 7.12. The van der Waals surface area contributed by atoms with E-state index in [0.29, 0.717) is 34.8 Å². The Balaban J connectivity index is 1.79. The van der Waals surface area contributed by atoms with Gasteiger partial charge in [0.25, 0.3) is 5.91 Å². The number of likely N-dealkylation sites (tertiary alicyclic amines) is 1. The number of carbonyl (C=O) groups excluding carboxylic acids is 2. The third-order valence-corrected chi connectivity index (χ3v) is 4.99. The summed E-state index contributed by atoms with van der Waals surface area (Å²) >= 11 is 1.37. The maximum atomic E-state index is 12.7. The highest BCUT2D eigenvalue weighted by atomic mass is 32.1. The van der Waals surface area contributed by atoms with Crippen molar-refractivity contribution < 1.29 is 14.3 Å². The van der Waals surface area contributed by atoms with E-state index in [9.17, 15) is 9.59 Å². The van der Waals surface area contributed by atoms with Gasteiger partial charge in [0.05, 0.1) is 29.3 Å². The Labute approximate surface area is 149 Å². The van der Waals surface area contributed by atoms with E-state index in [4.69, 9.17) is 10.00 Å². The van der Waals surface area contributed by atoms with Gasteiger partial charge in [-0.3, -0.25) is 9.59 Å². The molecule has 1 aromatic heterocycles. The van der Waals surface area contributed by atoms with Crippen LogP contribution >= 0.6 is 11.3 Å². The summed E-state index contributed by atoms with van der Waals surface area (Å²) in [7, 11) is 1.50. The molecule has 0 radical (unpaired) electrons. The smallest absolute Gasteiger partial charge is 0.264 e. The van der Waals surface area contributed by atoms with Crippen molar-refractivity contribution in [2.75, 3.05) is 19.0 Å². The quantitative estimate of drug-likeness (QED) is 0.914. The van der Waals surface area contributed by atoms with Gasteiger partial charge in [0.15, 0.2) is 0 Å². The molecule has 1 aliphatic heterocycles. The molecule has 1 aromatic carbocycles. The maximum Gasteiger partial charge on any atom is 0.264 e. The molecule has 0 aliphatic carbocycles. The molecule has 1 fully saturated rings. The molecule has 1 atom stereocenters. The number of hydrogen-bond donors (Lipinski definition) is 1. The van der Waals surface area contributed by atoms with Crippen LogP contribution < -0.4 is 10.1 Å². The first kappa shape index (κ1) is 17.0. The van der Waals surface area contributed by atoms with Crippen molar-refractivity contribution in [3.05, 3.63) is 46.2 Å². The van der Waals surface area contributed by atoms with Crippen LogP contribution in [-0.4, -0.2) is 36.4 Å². The number of nitriles is 1. The zero-order valence-corrected chi connectivity index (χ0v) is 14.5. The highest BCUT2D eigenvalue weighted by Crippen LogP contribution is 2.28. The van der Waals surface area contributed by atoms with Crippen LogP contribution in [-0.2, 0) is 4.79 Å². The number of carbonyl (C=O) groups is 2. The van der Waals surface area contributed by atoms with E-state index < -0.39 is 6.04 Å². The molecule has 0 spiro atoms. The van der Waals surface area contributed by atoms with Crippen LogP contribution in [0.1, 0.15) is 28.1 Å². The Bertz CT molecular complexity index is 827. The molecular weight excluding hydrogens is 338 g/mol. The monoisotopic (exact) mass is 355 g/mol. The summed E-state index contributed by atoms with van der Waals surface area (Å²) in [4.78, 5) is 27.6. The predicted molar refractivity (Wildman–Crippen MR) is 94.7 cm³/mol. The molecule has 6 nitrogen and oxygen atoms in total. The molecule has 0 bridgehead atoms. The predicted octanol–water partition coefficient (Wildman–Crippen LogP) is 2.87. The Kier molecular flexibility index (Phi) is 5.00. The molecule has 0 unspecified atom stereocenters. The van der Waals surface area contributed by atoms with Gasteiger partial charge in [-0.2, -0.15) is 5.26 Å². The van der Waals surface area contributed by atoms with Crippen molar-refractivity contribution in [1.29, 1.82) is 5.26 Å². The molecule has 2 amide bonds. The average molecular weight is 355 g/mol. The number of hydrogen-bond acceptors (Lipinski definition) is 5. The number of ether oxygens (including phenoxy) is 1. The fourth-order valence-corrected chi connectivity index (χ4v) is 3.59. The minimum atomic E-state index is -0.523. The molecule has 25 heavy (non-hydrogen) atoms. The average Bonchev–Trinajstić information content (AvgIpc) is 3.32. The first-order valence-electron chi connectivity index (χ1n) is 7.87. The van der Waals surface area contributed by atoms with Gasteiger partial charge in [-0.25, -0.2) is 0 Å². The molecule has 2 heterocycles. The summed E-state index contributed by atoms with van der Waals surface area (Å²) in [6.07, 6.45) is 1.40. The number of anilines is 1. The summed E-state index contributed by atoms with van der Waals surface area (Å²) < 4.78 is 5.24.